The molecule has 1 aliphatic carbocycles. The Labute approximate surface area is 125 Å². The van der Waals surface area contributed by atoms with E-state index in [4.69, 9.17) is 5.14 Å². The molecule has 3 N–H and O–H groups in total. The molecule has 0 aromatic heterocycles. The summed E-state index contributed by atoms with van der Waals surface area (Å²) in [4.78, 5) is -0.709. The van der Waals surface area contributed by atoms with E-state index in [-0.39, 0.29) is 21.8 Å². The molecule has 6 nitrogen and oxygen atoms in total. The Balaban J connectivity index is 2.44. The minimum atomic E-state index is -4.11. The second-order valence-electron chi connectivity index (χ2n) is 6.49. The predicted molar refractivity (Wildman–Crippen MR) is 79.5 cm³/mol. The van der Waals surface area contributed by atoms with Gasteiger partial charge in [-0.25, -0.2) is 26.7 Å². The molecule has 1 aromatic carbocycles. The molecular weight excluding hydrogens is 312 g/mol. The monoisotopic (exact) mass is 332 g/mol. The van der Waals surface area contributed by atoms with Gasteiger partial charge in [0.25, 0.3) is 0 Å². The van der Waals surface area contributed by atoms with Crippen LogP contribution in [0.3, 0.4) is 0 Å². The van der Waals surface area contributed by atoms with E-state index in [0.29, 0.717) is 0 Å². The summed E-state index contributed by atoms with van der Waals surface area (Å²) in [5.41, 5.74) is -0.396. The molecule has 21 heavy (non-hydrogen) atoms. The highest BCUT2D eigenvalue weighted by Gasteiger charge is 2.66. The molecule has 0 unspecified atom stereocenters. The normalized spacial score (nSPS) is 21.2. The van der Waals surface area contributed by atoms with E-state index in [0.717, 1.165) is 0 Å². The quantitative estimate of drug-likeness (QED) is 0.859. The summed E-state index contributed by atoms with van der Waals surface area (Å²) < 4.78 is 50.7. The van der Waals surface area contributed by atoms with Crippen LogP contribution in [0.5, 0.6) is 0 Å². The number of rotatable bonds is 4. The molecule has 0 radical (unpaired) electrons. The second-order valence-corrected chi connectivity index (χ2v) is 9.70. The van der Waals surface area contributed by atoms with Crippen LogP contribution in [0.4, 0.5) is 0 Å². The highest BCUT2D eigenvalue weighted by molar-refractivity contribution is 7.92. The summed E-state index contributed by atoms with van der Waals surface area (Å²) >= 11 is 0. The van der Waals surface area contributed by atoms with Gasteiger partial charge < -0.3 is 0 Å². The number of sulfonamides is 2. The van der Waals surface area contributed by atoms with Crippen molar-refractivity contribution < 1.29 is 16.8 Å². The Kier molecular flexibility index (Phi) is 3.53. The lowest BCUT2D eigenvalue weighted by Crippen LogP contribution is -2.31. The molecule has 0 saturated heterocycles. The number of primary sulfonamides is 1. The minimum absolute atomic E-state index is 0.198. The third kappa shape index (κ3) is 2.61. The summed E-state index contributed by atoms with van der Waals surface area (Å²) in [6.07, 6.45) is 0. The van der Waals surface area contributed by atoms with Crippen LogP contribution >= 0.6 is 0 Å². The molecular formula is C13H20N2O4S2. The van der Waals surface area contributed by atoms with Gasteiger partial charge in [0.2, 0.25) is 20.0 Å². The highest BCUT2D eigenvalue weighted by atomic mass is 32.2. The average molecular weight is 332 g/mol. The van der Waals surface area contributed by atoms with Crippen molar-refractivity contribution >= 4 is 20.0 Å². The lowest BCUT2D eigenvalue weighted by molar-refractivity contribution is 0.457. The maximum absolute atomic E-state index is 12.5. The largest absolute Gasteiger partial charge is 0.242 e. The van der Waals surface area contributed by atoms with Crippen LogP contribution in [0, 0.1) is 10.8 Å². The first-order chi connectivity index (χ1) is 9.32. The molecule has 0 atom stereocenters. The van der Waals surface area contributed by atoms with Gasteiger partial charge in [-0.1, -0.05) is 39.8 Å². The maximum atomic E-state index is 12.5. The Hall–Kier alpha value is -0.960. The standard InChI is InChI=1S/C13H20N2O4S2/c1-12(2)11(13(12,3)4)15-21(18,19)10-8-6-5-7-9(10)20(14,16)17/h5-8,11,15H,1-4H3,(H2,14,16,17). The zero-order chi connectivity index (χ0) is 16.3. The van der Waals surface area contributed by atoms with Crippen LogP contribution < -0.4 is 9.86 Å². The van der Waals surface area contributed by atoms with E-state index in [2.05, 4.69) is 4.72 Å². The molecule has 1 aromatic rings. The van der Waals surface area contributed by atoms with E-state index in [1.54, 1.807) is 0 Å². The molecule has 0 aliphatic heterocycles. The fraction of sp³-hybridized carbons (Fsp3) is 0.538. The van der Waals surface area contributed by atoms with Gasteiger partial charge in [0, 0.05) is 6.04 Å². The van der Waals surface area contributed by atoms with Gasteiger partial charge in [0.15, 0.2) is 0 Å². The SMILES string of the molecule is CC1(C)C(NS(=O)(=O)c2ccccc2S(N)(=O)=O)C1(C)C. The van der Waals surface area contributed by atoms with E-state index in [9.17, 15) is 16.8 Å². The smallest absolute Gasteiger partial charge is 0.225 e. The van der Waals surface area contributed by atoms with Crippen molar-refractivity contribution in [2.75, 3.05) is 0 Å². The van der Waals surface area contributed by atoms with Gasteiger partial charge in [0.05, 0.1) is 0 Å². The van der Waals surface area contributed by atoms with Gasteiger partial charge in [-0.15, -0.1) is 0 Å². The summed E-state index contributed by atoms with van der Waals surface area (Å²) in [5.74, 6) is 0. The molecule has 118 valence electrons. The second kappa shape index (κ2) is 4.52. The third-order valence-corrected chi connectivity index (χ3v) is 7.32. The van der Waals surface area contributed by atoms with Crippen LogP contribution in [0.1, 0.15) is 27.7 Å². The summed E-state index contributed by atoms with van der Waals surface area (Å²) in [6.45, 7) is 7.86. The lowest BCUT2D eigenvalue weighted by Gasteiger charge is -2.11. The first-order valence-corrected chi connectivity index (χ1v) is 9.49. The molecule has 0 amide bonds. The minimum Gasteiger partial charge on any atom is -0.225 e. The van der Waals surface area contributed by atoms with Gasteiger partial charge in [0.1, 0.15) is 9.79 Å². The van der Waals surface area contributed by atoms with Crippen molar-refractivity contribution in [3.8, 4) is 0 Å². The topological polar surface area (TPSA) is 106 Å². The Morgan fingerprint density at radius 2 is 1.38 bits per heavy atom. The summed E-state index contributed by atoms with van der Waals surface area (Å²) in [6, 6.07) is 5.07. The first kappa shape index (κ1) is 16.4. The van der Waals surface area contributed by atoms with Crippen LogP contribution in [-0.2, 0) is 20.0 Å². The van der Waals surface area contributed by atoms with Crippen LogP contribution in [0.2, 0.25) is 0 Å². The first-order valence-electron chi connectivity index (χ1n) is 6.46. The molecule has 1 fully saturated rings. The summed E-state index contributed by atoms with van der Waals surface area (Å²) in [5, 5.41) is 5.09. The summed E-state index contributed by atoms with van der Waals surface area (Å²) in [7, 11) is -8.07. The highest BCUT2D eigenvalue weighted by Crippen LogP contribution is 2.63. The fourth-order valence-corrected chi connectivity index (χ4v) is 5.53. The van der Waals surface area contributed by atoms with E-state index in [1.165, 1.54) is 24.3 Å². The van der Waals surface area contributed by atoms with Crippen LogP contribution in [0.15, 0.2) is 34.1 Å². The number of benzene rings is 1. The van der Waals surface area contributed by atoms with Crippen molar-refractivity contribution in [2.24, 2.45) is 16.0 Å². The van der Waals surface area contributed by atoms with Crippen LogP contribution in [0.25, 0.3) is 0 Å². The van der Waals surface area contributed by atoms with Crippen molar-refractivity contribution in [1.82, 2.24) is 4.72 Å². The number of nitrogens with two attached hydrogens (primary N) is 1. The number of hydrogen-bond donors (Lipinski definition) is 2. The number of nitrogens with one attached hydrogen (secondary N) is 1. The van der Waals surface area contributed by atoms with Crippen molar-refractivity contribution in [3.63, 3.8) is 0 Å². The van der Waals surface area contributed by atoms with E-state index in [1.807, 2.05) is 27.7 Å². The number of hydrogen-bond acceptors (Lipinski definition) is 4. The zero-order valence-electron chi connectivity index (χ0n) is 12.4. The Bertz CT molecular complexity index is 766. The van der Waals surface area contributed by atoms with Crippen LogP contribution in [-0.4, -0.2) is 22.9 Å². The van der Waals surface area contributed by atoms with Gasteiger partial charge in [-0.05, 0) is 23.0 Å². The molecule has 0 spiro atoms. The molecule has 2 rings (SSSR count). The average Bonchev–Trinajstić information content (AvgIpc) is 2.70. The third-order valence-electron chi connectivity index (χ3n) is 4.74. The Morgan fingerprint density at radius 1 is 0.952 bits per heavy atom. The molecule has 0 heterocycles. The lowest BCUT2D eigenvalue weighted by atomic mass is 10.0. The zero-order valence-corrected chi connectivity index (χ0v) is 14.0. The van der Waals surface area contributed by atoms with Crippen molar-refractivity contribution in [2.45, 2.75) is 43.5 Å². The van der Waals surface area contributed by atoms with Gasteiger partial charge >= 0.3 is 0 Å². The maximum Gasteiger partial charge on any atom is 0.242 e. The van der Waals surface area contributed by atoms with Crippen molar-refractivity contribution in [3.05, 3.63) is 24.3 Å². The molecule has 1 saturated carbocycles. The molecule has 8 heteroatoms. The van der Waals surface area contributed by atoms with E-state index >= 15 is 0 Å². The van der Waals surface area contributed by atoms with E-state index < -0.39 is 24.9 Å². The predicted octanol–water partition coefficient (Wildman–Crippen LogP) is 1.05. The molecule has 1 aliphatic rings. The fourth-order valence-electron chi connectivity index (χ4n) is 2.62. The molecule has 0 bridgehead atoms. The van der Waals surface area contributed by atoms with Gasteiger partial charge in [-0.3, -0.25) is 0 Å². The van der Waals surface area contributed by atoms with Crippen molar-refractivity contribution in [1.29, 1.82) is 0 Å². The van der Waals surface area contributed by atoms with Gasteiger partial charge in [-0.2, -0.15) is 0 Å². The Morgan fingerprint density at radius 3 is 1.76 bits per heavy atom.